The number of rotatable bonds is 79. The summed E-state index contributed by atoms with van der Waals surface area (Å²) < 4.78 is 68.5. The lowest BCUT2D eigenvalue weighted by atomic mass is 10.0. The Kier molecular flexibility index (Phi) is 70.6. The molecule has 5 atom stereocenters. The molecule has 0 heterocycles. The van der Waals surface area contributed by atoms with Crippen LogP contribution in [0.15, 0.2) is 0 Å². The third-order valence-corrected chi connectivity index (χ3v) is 20.4. The fourth-order valence-corrected chi connectivity index (χ4v) is 13.8. The first-order chi connectivity index (χ1) is 47.5. The molecule has 0 saturated carbocycles. The highest BCUT2D eigenvalue weighted by Gasteiger charge is 2.30. The Bertz CT molecular complexity index is 1870. The summed E-state index contributed by atoms with van der Waals surface area (Å²) in [5.41, 5.74) is 0. The number of carbonyl (C=O) groups is 4. The van der Waals surface area contributed by atoms with Gasteiger partial charge < -0.3 is 33.8 Å². The first kappa shape index (κ1) is 96.1. The lowest BCUT2D eigenvalue weighted by molar-refractivity contribution is -0.161. The monoisotopic (exact) mass is 1440 g/mol. The number of phosphoric ester groups is 2. The van der Waals surface area contributed by atoms with E-state index in [1.807, 2.05) is 0 Å². The lowest BCUT2D eigenvalue weighted by Gasteiger charge is -2.21. The average Bonchev–Trinajstić information content (AvgIpc) is 1.48. The van der Waals surface area contributed by atoms with E-state index in [0.717, 1.165) is 96.3 Å². The van der Waals surface area contributed by atoms with Crippen LogP contribution >= 0.6 is 15.6 Å². The van der Waals surface area contributed by atoms with Gasteiger partial charge in [-0.05, 0) is 31.6 Å². The summed E-state index contributed by atoms with van der Waals surface area (Å²) in [6, 6.07) is 0. The Morgan fingerprint density at radius 2 is 0.469 bits per heavy atom. The van der Waals surface area contributed by atoms with Crippen LogP contribution in [0.5, 0.6) is 0 Å². The molecule has 0 spiro atoms. The normalized spacial score (nSPS) is 13.9. The first-order valence-corrected chi connectivity index (χ1v) is 44.1. The molecule has 2 unspecified atom stereocenters. The zero-order valence-electron chi connectivity index (χ0n) is 63.9. The van der Waals surface area contributed by atoms with Crippen molar-refractivity contribution < 1.29 is 80.2 Å². The molecule has 3 N–H and O–H groups in total. The van der Waals surface area contributed by atoms with Crippen molar-refractivity contribution in [3.05, 3.63) is 0 Å². The van der Waals surface area contributed by atoms with Gasteiger partial charge >= 0.3 is 39.5 Å². The van der Waals surface area contributed by atoms with Gasteiger partial charge in [-0.2, -0.15) is 0 Å². The molecule has 582 valence electrons. The summed E-state index contributed by atoms with van der Waals surface area (Å²) in [7, 11) is -9.91. The molecule has 0 rings (SSSR count). The quantitative estimate of drug-likeness (QED) is 0.0222. The second-order valence-electron chi connectivity index (χ2n) is 28.9. The minimum Gasteiger partial charge on any atom is -0.462 e. The number of ether oxygens (including phenoxy) is 4. The number of esters is 4. The van der Waals surface area contributed by atoms with Crippen molar-refractivity contribution in [1.82, 2.24) is 0 Å². The Hall–Kier alpha value is -1.94. The van der Waals surface area contributed by atoms with Crippen LogP contribution in [0.1, 0.15) is 420 Å². The van der Waals surface area contributed by atoms with E-state index < -0.39 is 97.5 Å². The van der Waals surface area contributed by atoms with Gasteiger partial charge in [0, 0.05) is 25.7 Å². The van der Waals surface area contributed by atoms with Crippen LogP contribution < -0.4 is 0 Å². The van der Waals surface area contributed by atoms with Gasteiger partial charge in [0.05, 0.1) is 26.4 Å². The van der Waals surface area contributed by atoms with Crippen LogP contribution in [0.4, 0.5) is 0 Å². The van der Waals surface area contributed by atoms with E-state index in [1.165, 1.54) is 238 Å². The fraction of sp³-hybridized carbons (Fsp3) is 0.949. The van der Waals surface area contributed by atoms with Crippen molar-refractivity contribution >= 4 is 39.5 Å². The van der Waals surface area contributed by atoms with Gasteiger partial charge in [0.25, 0.3) is 0 Å². The number of aliphatic hydroxyl groups excluding tert-OH is 1. The van der Waals surface area contributed by atoms with E-state index >= 15 is 0 Å². The van der Waals surface area contributed by atoms with Crippen molar-refractivity contribution in [1.29, 1.82) is 0 Å². The predicted octanol–water partition coefficient (Wildman–Crippen LogP) is 23.6. The summed E-state index contributed by atoms with van der Waals surface area (Å²) >= 11 is 0. The molecule has 0 fully saturated rings. The summed E-state index contributed by atoms with van der Waals surface area (Å²) in [5.74, 6) is -1.43. The van der Waals surface area contributed by atoms with Gasteiger partial charge in [-0.1, -0.05) is 369 Å². The smallest absolute Gasteiger partial charge is 0.462 e. The highest BCUT2D eigenvalue weighted by molar-refractivity contribution is 7.47. The molecule has 17 nitrogen and oxygen atoms in total. The second-order valence-corrected chi connectivity index (χ2v) is 31.8. The minimum atomic E-state index is -4.96. The molecule has 0 aliphatic rings. The van der Waals surface area contributed by atoms with Crippen molar-refractivity contribution in [2.24, 2.45) is 5.92 Å². The molecule has 0 aliphatic carbocycles. The highest BCUT2D eigenvalue weighted by atomic mass is 31.2. The van der Waals surface area contributed by atoms with Crippen molar-refractivity contribution in [2.75, 3.05) is 39.6 Å². The number of unbranched alkanes of at least 4 members (excludes halogenated alkanes) is 51. The maximum absolute atomic E-state index is 13.1. The summed E-state index contributed by atoms with van der Waals surface area (Å²) in [6.07, 6.45) is 62.7. The molecule has 0 saturated heterocycles. The number of hydrogen-bond donors (Lipinski definition) is 3. The maximum Gasteiger partial charge on any atom is 0.472 e. The standard InChI is InChI=1S/C79H154O17P2/c1-6-9-12-15-18-21-24-26-28-30-31-32-33-34-35-37-39-42-45-48-55-60-65-79(84)95-74(68-89-76(81)62-57-52-46-43-41-38-36-29-27-25-22-19-16-13-10-7-2)70-93-97(85,86)91-66-73(80)67-92-98(87,88)94-71-75(69-90-77(82)63-58-53-50-49-51-56-61-72(4)5)96-78(83)64-59-54-47-44-40-23-20-17-14-11-8-3/h72-75,80H,6-71H2,1-5H3,(H,85,86)(H,87,88)/t73-,74-,75-/m1/s1. The molecular weight excluding hydrogens is 1280 g/mol. The van der Waals surface area contributed by atoms with Gasteiger partial charge in [0.15, 0.2) is 12.2 Å². The molecule has 0 aromatic rings. The van der Waals surface area contributed by atoms with Gasteiger partial charge in [0.2, 0.25) is 0 Å². The first-order valence-electron chi connectivity index (χ1n) is 41.1. The fourth-order valence-electron chi connectivity index (χ4n) is 12.2. The largest absolute Gasteiger partial charge is 0.472 e. The van der Waals surface area contributed by atoms with E-state index in [2.05, 4.69) is 34.6 Å². The molecule has 98 heavy (non-hydrogen) atoms. The Morgan fingerprint density at radius 1 is 0.276 bits per heavy atom. The number of hydrogen-bond acceptors (Lipinski definition) is 15. The zero-order chi connectivity index (χ0) is 71.9. The Labute approximate surface area is 600 Å². The van der Waals surface area contributed by atoms with Gasteiger partial charge in [0.1, 0.15) is 19.3 Å². The van der Waals surface area contributed by atoms with Crippen LogP contribution in [-0.4, -0.2) is 96.7 Å². The summed E-state index contributed by atoms with van der Waals surface area (Å²) in [4.78, 5) is 72.8. The van der Waals surface area contributed by atoms with Crippen LogP contribution in [0, 0.1) is 5.92 Å². The molecular formula is C79H154O17P2. The van der Waals surface area contributed by atoms with E-state index in [9.17, 15) is 43.2 Å². The van der Waals surface area contributed by atoms with Gasteiger partial charge in [-0.15, -0.1) is 0 Å². The van der Waals surface area contributed by atoms with Crippen LogP contribution in [-0.2, 0) is 65.4 Å². The zero-order valence-corrected chi connectivity index (χ0v) is 65.7. The van der Waals surface area contributed by atoms with E-state index in [-0.39, 0.29) is 25.7 Å². The molecule has 0 aromatic carbocycles. The SMILES string of the molecule is CCCCCCCCCCCCCCCCCCCCCCCCC(=O)O[C@H](COC(=O)CCCCCCCCCCCCCCCCCC)COP(=O)(O)OC[C@@H](O)COP(=O)(O)OC[C@@H](COC(=O)CCCCCCCCC(C)C)OC(=O)CCCCCCCCCCCCC. The molecule has 0 bridgehead atoms. The Morgan fingerprint density at radius 3 is 0.694 bits per heavy atom. The molecule has 0 aromatic heterocycles. The minimum absolute atomic E-state index is 0.106. The number of phosphoric acid groups is 2. The van der Waals surface area contributed by atoms with E-state index in [0.29, 0.717) is 31.6 Å². The lowest BCUT2D eigenvalue weighted by Crippen LogP contribution is -2.30. The third kappa shape index (κ3) is 72.4. The van der Waals surface area contributed by atoms with Crippen LogP contribution in [0.3, 0.4) is 0 Å². The van der Waals surface area contributed by atoms with Gasteiger partial charge in [-0.3, -0.25) is 37.3 Å². The second kappa shape index (κ2) is 72.0. The number of aliphatic hydroxyl groups is 1. The van der Waals surface area contributed by atoms with Crippen LogP contribution in [0.25, 0.3) is 0 Å². The predicted molar refractivity (Wildman–Crippen MR) is 400 cm³/mol. The highest BCUT2D eigenvalue weighted by Crippen LogP contribution is 2.45. The summed E-state index contributed by atoms with van der Waals surface area (Å²) in [6.45, 7) is 7.22. The van der Waals surface area contributed by atoms with Gasteiger partial charge in [-0.25, -0.2) is 9.13 Å². The molecule has 0 amide bonds. The topological polar surface area (TPSA) is 237 Å². The summed E-state index contributed by atoms with van der Waals surface area (Å²) in [5, 5.41) is 10.6. The van der Waals surface area contributed by atoms with Crippen molar-refractivity contribution in [2.45, 2.75) is 438 Å². The third-order valence-electron chi connectivity index (χ3n) is 18.5. The van der Waals surface area contributed by atoms with Crippen molar-refractivity contribution in [3.8, 4) is 0 Å². The molecule has 19 heteroatoms. The average molecular weight is 1440 g/mol. The Balaban J connectivity index is 5.18. The number of carbonyl (C=O) groups excluding carboxylic acids is 4. The maximum atomic E-state index is 13.1. The van der Waals surface area contributed by atoms with Crippen molar-refractivity contribution in [3.63, 3.8) is 0 Å². The molecule has 0 aliphatic heterocycles. The van der Waals surface area contributed by atoms with E-state index in [1.54, 1.807) is 0 Å². The van der Waals surface area contributed by atoms with E-state index in [4.69, 9.17) is 37.0 Å². The van der Waals surface area contributed by atoms with Crippen LogP contribution in [0.2, 0.25) is 0 Å². The molecule has 0 radical (unpaired) electrons.